The van der Waals surface area contributed by atoms with E-state index in [1.54, 1.807) is 0 Å². The van der Waals surface area contributed by atoms with Gasteiger partial charge in [-0.05, 0) is 25.7 Å². The number of guanidine groups is 1. The summed E-state index contributed by atoms with van der Waals surface area (Å²) in [5.74, 6) is -0.0692. The Morgan fingerprint density at radius 2 is 0.953 bits per heavy atom. The first-order chi connectivity index (χ1) is 21.0. The van der Waals surface area contributed by atoms with Crippen molar-refractivity contribution < 1.29 is 9.59 Å². The van der Waals surface area contributed by atoms with E-state index in [0.717, 1.165) is 25.7 Å². The third-order valence-corrected chi connectivity index (χ3v) is 8.43. The first-order valence-electron chi connectivity index (χ1n) is 18.6. The van der Waals surface area contributed by atoms with E-state index in [9.17, 15) is 9.59 Å². The Bertz CT molecular complexity index is 652. The number of unbranched alkanes of at least 4 members (excludes halogenated alkanes) is 23. The Labute approximate surface area is 267 Å². The molecular weight excluding hydrogens is 534 g/mol. The van der Waals surface area contributed by atoms with Crippen molar-refractivity contribution >= 4 is 17.8 Å². The van der Waals surface area contributed by atoms with Crippen LogP contribution in [0.2, 0.25) is 0 Å². The van der Waals surface area contributed by atoms with Gasteiger partial charge in [0.05, 0.1) is 0 Å². The van der Waals surface area contributed by atoms with Crippen molar-refractivity contribution in [3.8, 4) is 0 Å². The zero-order chi connectivity index (χ0) is 31.6. The average molecular weight is 608 g/mol. The topological polar surface area (TPSA) is 123 Å². The van der Waals surface area contributed by atoms with Gasteiger partial charge in [0.2, 0.25) is 11.8 Å². The van der Waals surface area contributed by atoms with E-state index in [1.807, 2.05) is 0 Å². The van der Waals surface area contributed by atoms with Crippen LogP contribution in [0.25, 0.3) is 0 Å². The zero-order valence-corrected chi connectivity index (χ0v) is 28.7. The number of nitrogens with two attached hydrogens (primary N) is 2. The van der Waals surface area contributed by atoms with Crippen LogP contribution in [0.5, 0.6) is 0 Å². The molecule has 0 aromatic carbocycles. The van der Waals surface area contributed by atoms with Crippen LogP contribution in [0.4, 0.5) is 0 Å². The van der Waals surface area contributed by atoms with E-state index in [2.05, 4.69) is 29.5 Å². The first kappa shape index (κ1) is 41.2. The van der Waals surface area contributed by atoms with Gasteiger partial charge < -0.3 is 22.1 Å². The molecule has 0 saturated heterocycles. The molecule has 0 aliphatic heterocycles. The molecule has 0 fully saturated rings. The Kier molecular flexibility index (Phi) is 31.7. The molecule has 0 aliphatic rings. The van der Waals surface area contributed by atoms with Crippen molar-refractivity contribution in [2.24, 2.45) is 16.5 Å². The number of hydrogen-bond donors (Lipinski definition) is 4. The maximum Gasteiger partial charge on any atom is 0.242 e. The van der Waals surface area contributed by atoms with E-state index in [-0.39, 0.29) is 17.8 Å². The zero-order valence-electron chi connectivity index (χ0n) is 28.7. The molecule has 0 aliphatic carbocycles. The number of aliphatic imine (C=N–C) groups is 1. The summed E-state index contributed by atoms with van der Waals surface area (Å²) in [4.78, 5) is 29.5. The number of nitrogens with zero attached hydrogens (tertiary/aromatic N) is 1. The van der Waals surface area contributed by atoms with E-state index >= 15 is 0 Å². The molecule has 0 unspecified atom stereocenters. The van der Waals surface area contributed by atoms with E-state index in [0.29, 0.717) is 32.4 Å². The molecule has 6 N–H and O–H groups in total. The molecule has 0 aromatic rings. The maximum absolute atomic E-state index is 12.9. The fourth-order valence-electron chi connectivity index (χ4n) is 5.64. The number of nitrogens with one attached hydrogen (secondary N) is 2. The smallest absolute Gasteiger partial charge is 0.242 e. The van der Waals surface area contributed by atoms with Gasteiger partial charge in [-0.1, -0.05) is 162 Å². The van der Waals surface area contributed by atoms with Crippen LogP contribution in [0, 0.1) is 0 Å². The molecule has 0 saturated carbocycles. The maximum atomic E-state index is 12.9. The lowest BCUT2D eigenvalue weighted by molar-refractivity contribution is -0.129. The van der Waals surface area contributed by atoms with Crippen molar-refractivity contribution in [3.63, 3.8) is 0 Å². The normalized spacial score (nSPS) is 11.8. The molecule has 0 heterocycles. The second-order valence-electron chi connectivity index (χ2n) is 12.7. The van der Waals surface area contributed by atoms with Crippen LogP contribution >= 0.6 is 0 Å². The summed E-state index contributed by atoms with van der Waals surface area (Å²) < 4.78 is 0. The predicted molar refractivity (Wildman–Crippen MR) is 186 cm³/mol. The Morgan fingerprint density at radius 1 is 0.558 bits per heavy atom. The summed E-state index contributed by atoms with van der Waals surface area (Å²) in [7, 11) is 0. The van der Waals surface area contributed by atoms with Gasteiger partial charge >= 0.3 is 0 Å². The van der Waals surface area contributed by atoms with E-state index < -0.39 is 6.04 Å². The fourth-order valence-corrected chi connectivity index (χ4v) is 5.64. The molecule has 254 valence electrons. The van der Waals surface area contributed by atoms with Crippen LogP contribution in [0.15, 0.2) is 4.99 Å². The molecule has 7 heteroatoms. The Morgan fingerprint density at radius 3 is 1.37 bits per heavy atom. The third-order valence-electron chi connectivity index (χ3n) is 8.43. The second-order valence-corrected chi connectivity index (χ2v) is 12.7. The van der Waals surface area contributed by atoms with Crippen molar-refractivity contribution in [2.75, 3.05) is 13.1 Å². The summed E-state index contributed by atoms with van der Waals surface area (Å²) in [6.45, 7) is 5.65. The number of carbonyl (C=O) groups is 2. The number of hydrogen-bond acceptors (Lipinski definition) is 3. The van der Waals surface area contributed by atoms with Gasteiger partial charge in [0.25, 0.3) is 0 Å². The quantitative estimate of drug-likeness (QED) is 0.0338. The van der Waals surface area contributed by atoms with Gasteiger partial charge in [-0.2, -0.15) is 0 Å². The monoisotopic (exact) mass is 608 g/mol. The molecule has 0 radical (unpaired) electrons. The predicted octanol–water partition coefficient (Wildman–Crippen LogP) is 8.82. The van der Waals surface area contributed by atoms with Crippen LogP contribution in [-0.2, 0) is 9.59 Å². The van der Waals surface area contributed by atoms with Gasteiger partial charge in [-0.15, -0.1) is 0 Å². The number of amides is 2. The molecule has 1 atom stereocenters. The molecule has 2 amide bonds. The minimum Gasteiger partial charge on any atom is -0.370 e. The minimum atomic E-state index is -0.527. The average Bonchev–Trinajstić information content (AvgIpc) is 2.99. The van der Waals surface area contributed by atoms with Crippen molar-refractivity contribution in [1.82, 2.24) is 10.6 Å². The van der Waals surface area contributed by atoms with Gasteiger partial charge in [-0.3, -0.25) is 14.6 Å². The minimum absolute atomic E-state index is 0.0318. The van der Waals surface area contributed by atoms with E-state index in [1.165, 1.54) is 135 Å². The lowest BCUT2D eigenvalue weighted by Crippen LogP contribution is -2.47. The van der Waals surface area contributed by atoms with E-state index in [4.69, 9.17) is 11.5 Å². The van der Waals surface area contributed by atoms with Gasteiger partial charge in [0.15, 0.2) is 5.96 Å². The Balaban J connectivity index is 4.00. The highest BCUT2D eigenvalue weighted by molar-refractivity contribution is 5.87. The highest BCUT2D eigenvalue weighted by Gasteiger charge is 2.19. The van der Waals surface area contributed by atoms with Gasteiger partial charge in [0, 0.05) is 19.5 Å². The molecule has 0 spiro atoms. The van der Waals surface area contributed by atoms with Gasteiger partial charge in [0.1, 0.15) is 6.04 Å². The van der Waals surface area contributed by atoms with Crippen molar-refractivity contribution in [1.29, 1.82) is 0 Å². The SMILES string of the molecule is CCCCCCCCCCCCCCCCCC(=O)N[C@@H](CCCN=C(N)N)C(=O)NCCCCCCCCCCCC. The molecule has 7 nitrogen and oxygen atoms in total. The molecular formula is C36H73N5O2. The standard InChI is InChI=1S/C36H73N5O2/c1-3-5-7-9-11-13-15-16-17-18-19-20-22-24-26-30-34(42)41-33(29-28-32-40-36(37)38)35(43)39-31-27-25-23-21-14-12-10-8-6-4-2/h33H,3-32H2,1-2H3,(H,39,43)(H,41,42)(H4,37,38,40)/t33-/m0/s1. The lowest BCUT2D eigenvalue weighted by atomic mass is 10.0. The fraction of sp³-hybridized carbons (Fsp3) is 0.917. The summed E-state index contributed by atoms with van der Waals surface area (Å²) in [5, 5.41) is 6.03. The molecule has 0 rings (SSSR count). The lowest BCUT2D eigenvalue weighted by Gasteiger charge is -2.18. The van der Waals surface area contributed by atoms with Crippen LogP contribution in [-0.4, -0.2) is 36.9 Å². The largest absolute Gasteiger partial charge is 0.370 e. The molecule has 43 heavy (non-hydrogen) atoms. The number of rotatable bonds is 33. The highest BCUT2D eigenvalue weighted by Crippen LogP contribution is 2.14. The summed E-state index contributed by atoms with van der Waals surface area (Å²) in [6.07, 6.45) is 33.9. The van der Waals surface area contributed by atoms with Crippen LogP contribution in [0.3, 0.4) is 0 Å². The summed E-state index contributed by atoms with van der Waals surface area (Å²) >= 11 is 0. The van der Waals surface area contributed by atoms with Crippen LogP contribution < -0.4 is 22.1 Å². The van der Waals surface area contributed by atoms with Crippen molar-refractivity contribution in [3.05, 3.63) is 0 Å². The Hall–Kier alpha value is -1.79. The second kappa shape index (κ2) is 33.1. The molecule has 0 bridgehead atoms. The molecule has 0 aromatic heterocycles. The van der Waals surface area contributed by atoms with Crippen molar-refractivity contribution in [2.45, 2.75) is 200 Å². The summed E-state index contributed by atoms with van der Waals surface area (Å²) in [5.41, 5.74) is 10.9. The van der Waals surface area contributed by atoms with Crippen LogP contribution in [0.1, 0.15) is 194 Å². The first-order valence-corrected chi connectivity index (χ1v) is 18.6. The number of carbonyl (C=O) groups excluding carboxylic acids is 2. The summed E-state index contributed by atoms with van der Waals surface area (Å²) in [6, 6.07) is -0.527. The van der Waals surface area contributed by atoms with Gasteiger partial charge in [-0.25, -0.2) is 0 Å². The third kappa shape index (κ3) is 31.4. The highest BCUT2D eigenvalue weighted by atomic mass is 16.2.